The Bertz CT molecular complexity index is 282. The Morgan fingerprint density at radius 2 is 2.24 bits per heavy atom. The van der Waals surface area contributed by atoms with Crippen molar-refractivity contribution in [3.05, 3.63) is 0 Å². The van der Waals surface area contributed by atoms with Crippen LogP contribution in [-0.2, 0) is 14.3 Å². The van der Waals surface area contributed by atoms with Crippen LogP contribution in [0.1, 0.15) is 19.3 Å². The molecule has 4 nitrogen and oxygen atoms in total. The van der Waals surface area contributed by atoms with Crippen LogP contribution in [0.2, 0.25) is 0 Å². The molecule has 6 heteroatoms. The van der Waals surface area contributed by atoms with E-state index in [4.69, 9.17) is 4.74 Å². The lowest BCUT2D eigenvalue weighted by Crippen LogP contribution is -2.30. The molecule has 98 valence electrons. The molecular weight excluding hydrogens is 232 g/mol. The number of alkyl halides is 2. The number of rotatable bonds is 7. The molecule has 1 N–H and O–H groups in total. The maximum atomic E-state index is 12.8. The second-order valence-electron chi connectivity index (χ2n) is 4.66. The fourth-order valence-corrected chi connectivity index (χ4v) is 1.70. The first-order valence-electron chi connectivity index (χ1n) is 5.95. The van der Waals surface area contributed by atoms with Crippen molar-refractivity contribution in [2.45, 2.75) is 31.3 Å². The topological polar surface area (TPSA) is 47.6 Å². The molecule has 0 aromatic heterocycles. The van der Waals surface area contributed by atoms with E-state index in [-0.39, 0.29) is 6.54 Å². The Kier molecular flexibility index (Phi) is 3.93. The average molecular weight is 249 g/mol. The number of esters is 1. The molecule has 2 rings (SSSR count). The van der Waals surface area contributed by atoms with Crippen LogP contribution < -0.4 is 5.32 Å². The quantitative estimate of drug-likeness (QED) is 0.539. The van der Waals surface area contributed by atoms with Crippen LogP contribution in [0, 0.1) is 5.92 Å². The molecule has 1 unspecified atom stereocenters. The van der Waals surface area contributed by atoms with Gasteiger partial charge in [-0.25, -0.2) is 4.79 Å². The lowest BCUT2D eigenvalue weighted by atomic mass is 10.2. The summed E-state index contributed by atoms with van der Waals surface area (Å²) >= 11 is 0. The van der Waals surface area contributed by atoms with E-state index in [1.807, 2.05) is 0 Å². The number of nitrogens with one attached hydrogen (secondary N) is 1. The standard InChI is InChI=1S/C11H17F2NO3/c12-11(13)5-9(17-10(11)15)6-14-3-4-16-7-8-1-2-8/h8-9,14H,1-7H2. The largest absolute Gasteiger partial charge is 0.456 e. The van der Waals surface area contributed by atoms with Crippen molar-refractivity contribution in [1.82, 2.24) is 5.32 Å². The van der Waals surface area contributed by atoms with Crippen LogP contribution >= 0.6 is 0 Å². The van der Waals surface area contributed by atoms with Crippen molar-refractivity contribution in [3.8, 4) is 0 Å². The lowest BCUT2D eigenvalue weighted by Gasteiger charge is -2.10. The fraction of sp³-hybridized carbons (Fsp3) is 0.909. The molecule has 2 aliphatic rings. The molecule has 0 radical (unpaired) electrons. The number of carbonyl (C=O) groups excluding carboxylic acids is 1. The summed E-state index contributed by atoms with van der Waals surface area (Å²) in [6.45, 7) is 2.20. The molecule has 2 fully saturated rings. The third-order valence-electron chi connectivity index (χ3n) is 2.90. The zero-order chi connectivity index (χ0) is 12.3. The number of hydrogen-bond donors (Lipinski definition) is 1. The van der Waals surface area contributed by atoms with E-state index in [2.05, 4.69) is 10.1 Å². The molecule has 1 aliphatic carbocycles. The third kappa shape index (κ3) is 3.89. The van der Waals surface area contributed by atoms with E-state index in [0.29, 0.717) is 13.2 Å². The first kappa shape index (κ1) is 12.7. The van der Waals surface area contributed by atoms with Crippen LogP contribution in [0.25, 0.3) is 0 Å². The van der Waals surface area contributed by atoms with Gasteiger partial charge in [-0.2, -0.15) is 8.78 Å². The molecule has 1 heterocycles. The minimum atomic E-state index is -3.31. The van der Waals surface area contributed by atoms with Gasteiger partial charge in [0.1, 0.15) is 6.10 Å². The first-order valence-corrected chi connectivity index (χ1v) is 5.95. The van der Waals surface area contributed by atoms with Gasteiger partial charge in [-0.15, -0.1) is 0 Å². The highest BCUT2D eigenvalue weighted by Gasteiger charge is 2.50. The normalized spacial score (nSPS) is 27.2. The summed E-state index contributed by atoms with van der Waals surface area (Å²) in [5, 5.41) is 2.94. The Balaban J connectivity index is 1.49. The molecule has 0 aromatic rings. The summed E-state index contributed by atoms with van der Waals surface area (Å²) < 4.78 is 35.5. The molecule has 1 saturated carbocycles. The van der Waals surface area contributed by atoms with E-state index in [1.165, 1.54) is 12.8 Å². The highest BCUT2D eigenvalue weighted by Crippen LogP contribution is 2.30. The fourth-order valence-electron chi connectivity index (χ4n) is 1.70. The number of halogens is 2. The average Bonchev–Trinajstić information content (AvgIpc) is 3.01. The Morgan fingerprint density at radius 3 is 2.82 bits per heavy atom. The maximum absolute atomic E-state index is 12.8. The van der Waals surface area contributed by atoms with Gasteiger partial charge in [-0.1, -0.05) is 0 Å². The molecule has 0 amide bonds. The third-order valence-corrected chi connectivity index (χ3v) is 2.90. The SMILES string of the molecule is O=C1OC(CNCCOCC2CC2)CC1(F)F. The zero-order valence-corrected chi connectivity index (χ0v) is 9.59. The Hall–Kier alpha value is -0.750. The highest BCUT2D eigenvalue weighted by molar-refractivity contribution is 5.79. The van der Waals surface area contributed by atoms with Crippen LogP contribution in [0.15, 0.2) is 0 Å². The first-order chi connectivity index (χ1) is 8.08. The van der Waals surface area contributed by atoms with E-state index < -0.39 is 24.4 Å². The predicted molar refractivity (Wildman–Crippen MR) is 55.9 cm³/mol. The van der Waals surface area contributed by atoms with Crippen molar-refractivity contribution >= 4 is 5.97 Å². The summed E-state index contributed by atoms with van der Waals surface area (Å²) in [6, 6.07) is 0. The van der Waals surface area contributed by atoms with Gasteiger partial charge in [-0.05, 0) is 18.8 Å². The van der Waals surface area contributed by atoms with Gasteiger partial charge in [-0.3, -0.25) is 0 Å². The van der Waals surface area contributed by atoms with E-state index >= 15 is 0 Å². The lowest BCUT2D eigenvalue weighted by molar-refractivity contribution is -0.159. The van der Waals surface area contributed by atoms with Crippen molar-refractivity contribution in [2.75, 3.05) is 26.3 Å². The second kappa shape index (κ2) is 5.27. The number of cyclic esters (lactones) is 1. The predicted octanol–water partition coefficient (Wildman–Crippen LogP) is 0.953. The van der Waals surface area contributed by atoms with E-state index in [9.17, 15) is 13.6 Å². The van der Waals surface area contributed by atoms with Gasteiger partial charge in [0.2, 0.25) is 0 Å². The smallest absolute Gasteiger partial charge is 0.377 e. The molecule has 1 atom stereocenters. The molecule has 1 aliphatic heterocycles. The van der Waals surface area contributed by atoms with E-state index in [1.54, 1.807) is 0 Å². The van der Waals surface area contributed by atoms with Crippen LogP contribution in [0.4, 0.5) is 8.78 Å². The minimum absolute atomic E-state index is 0.258. The van der Waals surface area contributed by atoms with Gasteiger partial charge in [0, 0.05) is 19.7 Å². The molecule has 0 bridgehead atoms. The molecule has 1 saturated heterocycles. The minimum Gasteiger partial charge on any atom is -0.456 e. The summed E-state index contributed by atoms with van der Waals surface area (Å²) in [5.41, 5.74) is 0. The second-order valence-corrected chi connectivity index (χ2v) is 4.66. The van der Waals surface area contributed by atoms with Gasteiger partial charge >= 0.3 is 11.9 Å². The summed E-state index contributed by atoms with van der Waals surface area (Å²) in [6.07, 6.45) is 1.25. The molecular formula is C11H17F2NO3. The van der Waals surface area contributed by atoms with Gasteiger partial charge in [0.05, 0.1) is 13.0 Å². The molecule has 17 heavy (non-hydrogen) atoms. The van der Waals surface area contributed by atoms with Crippen molar-refractivity contribution in [1.29, 1.82) is 0 Å². The number of carbonyl (C=O) groups is 1. The van der Waals surface area contributed by atoms with Crippen LogP contribution in [0.5, 0.6) is 0 Å². The van der Waals surface area contributed by atoms with Crippen molar-refractivity contribution < 1.29 is 23.0 Å². The van der Waals surface area contributed by atoms with Crippen LogP contribution in [0.3, 0.4) is 0 Å². The Morgan fingerprint density at radius 1 is 1.47 bits per heavy atom. The summed E-state index contributed by atoms with van der Waals surface area (Å²) in [7, 11) is 0. The zero-order valence-electron chi connectivity index (χ0n) is 9.59. The summed E-state index contributed by atoms with van der Waals surface area (Å²) in [5.74, 6) is -3.99. The maximum Gasteiger partial charge on any atom is 0.377 e. The van der Waals surface area contributed by atoms with Crippen molar-refractivity contribution in [2.24, 2.45) is 5.92 Å². The molecule has 0 aromatic carbocycles. The van der Waals surface area contributed by atoms with Gasteiger partial charge < -0.3 is 14.8 Å². The highest BCUT2D eigenvalue weighted by atomic mass is 19.3. The van der Waals surface area contributed by atoms with Crippen LogP contribution in [-0.4, -0.2) is 44.3 Å². The van der Waals surface area contributed by atoms with Gasteiger partial charge in [0.15, 0.2) is 0 Å². The monoisotopic (exact) mass is 249 g/mol. The summed E-state index contributed by atoms with van der Waals surface area (Å²) in [4.78, 5) is 10.7. The number of hydrogen-bond acceptors (Lipinski definition) is 4. The molecule has 0 spiro atoms. The van der Waals surface area contributed by atoms with Gasteiger partial charge in [0.25, 0.3) is 0 Å². The van der Waals surface area contributed by atoms with Crippen molar-refractivity contribution in [3.63, 3.8) is 0 Å². The number of ether oxygens (including phenoxy) is 2. The van der Waals surface area contributed by atoms with E-state index in [0.717, 1.165) is 12.5 Å². The Labute approximate surface area is 98.6 Å².